The fraction of sp³-hybridized carbons (Fsp3) is 0.269. The van der Waals surface area contributed by atoms with Gasteiger partial charge >= 0.3 is 0 Å². The number of ether oxygens (including phenoxy) is 2. The van der Waals surface area contributed by atoms with Crippen molar-refractivity contribution in [2.75, 3.05) is 13.2 Å². The maximum Gasteiger partial charge on any atom is 0.122 e. The molecule has 30 heavy (non-hydrogen) atoms. The van der Waals surface area contributed by atoms with Crippen molar-refractivity contribution in [3.8, 4) is 11.5 Å². The number of amidine groups is 1. The van der Waals surface area contributed by atoms with E-state index in [0.717, 1.165) is 24.3 Å². The summed E-state index contributed by atoms with van der Waals surface area (Å²) in [6, 6.07) is 26.2. The van der Waals surface area contributed by atoms with Gasteiger partial charge in [0.2, 0.25) is 0 Å². The molecule has 3 aromatic rings. The van der Waals surface area contributed by atoms with Crippen LogP contribution in [-0.2, 0) is 5.41 Å². The van der Waals surface area contributed by atoms with E-state index in [1.54, 1.807) is 12.1 Å². The highest BCUT2D eigenvalue weighted by Gasteiger charge is 2.22. The quantitative estimate of drug-likeness (QED) is 0.266. The fourth-order valence-electron chi connectivity index (χ4n) is 3.30. The Balaban J connectivity index is 1.40. The fourth-order valence-corrected chi connectivity index (χ4v) is 3.30. The molecule has 4 heteroatoms. The molecule has 0 spiro atoms. The first-order chi connectivity index (χ1) is 14.5. The number of unbranched alkanes of at least 4 members (excludes halogenated alkanes) is 1. The van der Waals surface area contributed by atoms with Crippen LogP contribution in [0.5, 0.6) is 11.5 Å². The van der Waals surface area contributed by atoms with E-state index in [4.69, 9.17) is 20.6 Å². The van der Waals surface area contributed by atoms with Crippen molar-refractivity contribution in [2.24, 2.45) is 5.73 Å². The molecule has 0 saturated carbocycles. The summed E-state index contributed by atoms with van der Waals surface area (Å²) >= 11 is 0. The Labute approximate surface area is 179 Å². The maximum absolute atomic E-state index is 7.40. The van der Waals surface area contributed by atoms with Gasteiger partial charge in [-0.15, -0.1) is 0 Å². The molecule has 0 aliphatic carbocycles. The van der Waals surface area contributed by atoms with Crippen LogP contribution in [0, 0.1) is 5.41 Å². The molecule has 4 nitrogen and oxygen atoms in total. The smallest absolute Gasteiger partial charge is 0.122 e. The minimum Gasteiger partial charge on any atom is -0.494 e. The van der Waals surface area contributed by atoms with Gasteiger partial charge in [-0.05, 0) is 60.4 Å². The van der Waals surface area contributed by atoms with Crippen molar-refractivity contribution >= 4 is 5.84 Å². The minimum absolute atomic E-state index is 0.0419. The SMILES string of the molecule is CC(C)(c1ccccc1)c1ccc(OCCCCOc2ccc(C(=N)N)cc2)cc1. The molecular weight excluding hydrogens is 372 g/mol. The lowest BCUT2D eigenvalue weighted by atomic mass is 9.78. The van der Waals surface area contributed by atoms with Crippen molar-refractivity contribution in [1.82, 2.24) is 0 Å². The van der Waals surface area contributed by atoms with Crippen molar-refractivity contribution in [1.29, 1.82) is 5.41 Å². The van der Waals surface area contributed by atoms with Gasteiger partial charge in [-0.25, -0.2) is 0 Å². The third kappa shape index (κ3) is 5.63. The normalized spacial score (nSPS) is 11.1. The minimum atomic E-state index is -0.0419. The monoisotopic (exact) mass is 402 g/mol. The second kappa shape index (κ2) is 9.97. The van der Waals surface area contributed by atoms with Crippen LogP contribution >= 0.6 is 0 Å². The van der Waals surface area contributed by atoms with Crippen LogP contribution in [0.25, 0.3) is 0 Å². The Hall–Kier alpha value is -3.27. The summed E-state index contributed by atoms with van der Waals surface area (Å²) in [6.45, 7) is 5.78. The Bertz CT molecular complexity index is 933. The Morgan fingerprint density at radius 2 is 1.20 bits per heavy atom. The average molecular weight is 403 g/mol. The van der Waals surface area contributed by atoms with Gasteiger partial charge in [0, 0.05) is 11.0 Å². The van der Waals surface area contributed by atoms with E-state index >= 15 is 0 Å². The number of nitrogens with one attached hydrogen (secondary N) is 1. The van der Waals surface area contributed by atoms with Crippen LogP contribution in [0.1, 0.15) is 43.4 Å². The molecule has 0 aliphatic heterocycles. The lowest BCUT2D eigenvalue weighted by molar-refractivity contribution is 0.266. The van der Waals surface area contributed by atoms with Gasteiger partial charge in [0.1, 0.15) is 17.3 Å². The van der Waals surface area contributed by atoms with Crippen molar-refractivity contribution in [2.45, 2.75) is 32.1 Å². The van der Waals surface area contributed by atoms with E-state index in [-0.39, 0.29) is 11.3 Å². The van der Waals surface area contributed by atoms with E-state index in [1.165, 1.54) is 11.1 Å². The van der Waals surface area contributed by atoms with Crippen LogP contribution in [0.15, 0.2) is 78.9 Å². The van der Waals surface area contributed by atoms with Crippen molar-refractivity contribution < 1.29 is 9.47 Å². The summed E-state index contributed by atoms with van der Waals surface area (Å²) in [5.74, 6) is 1.75. The lowest BCUT2D eigenvalue weighted by Gasteiger charge is -2.26. The Morgan fingerprint density at radius 1 is 0.733 bits per heavy atom. The highest BCUT2D eigenvalue weighted by molar-refractivity contribution is 5.94. The van der Waals surface area contributed by atoms with E-state index in [0.29, 0.717) is 18.8 Å². The predicted molar refractivity (Wildman–Crippen MR) is 123 cm³/mol. The predicted octanol–water partition coefficient (Wildman–Crippen LogP) is 5.53. The largest absolute Gasteiger partial charge is 0.494 e. The summed E-state index contributed by atoms with van der Waals surface area (Å²) in [5.41, 5.74) is 8.68. The number of hydrogen-bond donors (Lipinski definition) is 2. The summed E-state index contributed by atoms with van der Waals surface area (Å²) in [4.78, 5) is 0. The molecular formula is C26H30N2O2. The molecule has 0 fully saturated rings. The van der Waals surface area contributed by atoms with Crippen LogP contribution in [0.3, 0.4) is 0 Å². The summed E-state index contributed by atoms with van der Waals surface area (Å²) < 4.78 is 11.6. The van der Waals surface area contributed by atoms with Crippen LogP contribution in [0.2, 0.25) is 0 Å². The van der Waals surface area contributed by atoms with Gasteiger partial charge in [-0.3, -0.25) is 5.41 Å². The van der Waals surface area contributed by atoms with Gasteiger partial charge in [0.05, 0.1) is 13.2 Å². The molecule has 0 bridgehead atoms. The first-order valence-corrected chi connectivity index (χ1v) is 10.3. The number of hydrogen-bond acceptors (Lipinski definition) is 3. The zero-order chi connectivity index (χ0) is 21.4. The Kier molecular flexibility index (Phi) is 7.12. The zero-order valence-corrected chi connectivity index (χ0v) is 17.7. The lowest BCUT2D eigenvalue weighted by Crippen LogP contribution is -2.18. The van der Waals surface area contributed by atoms with Crippen molar-refractivity contribution in [3.63, 3.8) is 0 Å². The molecule has 0 atom stereocenters. The number of nitrogens with two attached hydrogens (primary N) is 1. The third-order valence-corrected chi connectivity index (χ3v) is 5.31. The summed E-state index contributed by atoms with van der Waals surface area (Å²) in [7, 11) is 0. The van der Waals surface area contributed by atoms with E-state index < -0.39 is 0 Å². The first kappa shape index (κ1) is 21.4. The van der Waals surface area contributed by atoms with Crippen molar-refractivity contribution in [3.05, 3.63) is 95.6 Å². The second-order valence-electron chi connectivity index (χ2n) is 7.86. The summed E-state index contributed by atoms with van der Waals surface area (Å²) in [5, 5.41) is 7.40. The molecule has 0 aromatic heterocycles. The standard InChI is InChI=1S/C26H30N2O2/c1-26(2,21-8-4-3-5-9-21)22-12-16-24(17-13-22)30-19-7-6-18-29-23-14-10-20(11-15-23)25(27)28/h3-5,8-17H,6-7,18-19H2,1-2H3,(H3,27,28). The van der Waals surface area contributed by atoms with Crippen LogP contribution in [-0.4, -0.2) is 19.0 Å². The highest BCUT2D eigenvalue weighted by atomic mass is 16.5. The van der Waals surface area contributed by atoms with Gasteiger partial charge in [-0.1, -0.05) is 56.3 Å². The van der Waals surface area contributed by atoms with Gasteiger partial charge < -0.3 is 15.2 Å². The van der Waals surface area contributed by atoms with Gasteiger partial charge in [0.25, 0.3) is 0 Å². The second-order valence-corrected chi connectivity index (χ2v) is 7.86. The van der Waals surface area contributed by atoms with Crippen LogP contribution in [0.4, 0.5) is 0 Å². The first-order valence-electron chi connectivity index (χ1n) is 10.3. The van der Waals surface area contributed by atoms with Gasteiger partial charge in [0.15, 0.2) is 0 Å². The molecule has 3 N–H and O–H groups in total. The molecule has 3 rings (SSSR count). The van der Waals surface area contributed by atoms with Gasteiger partial charge in [-0.2, -0.15) is 0 Å². The number of rotatable bonds is 10. The molecule has 0 heterocycles. The number of nitrogen functional groups attached to an aromatic ring is 1. The van der Waals surface area contributed by atoms with E-state index in [1.807, 2.05) is 30.3 Å². The average Bonchev–Trinajstić information content (AvgIpc) is 2.77. The third-order valence-electron chi connectivity index (χ3n) is 5.31. The highest BCUT2D eigenvalue weighted by Crippen LogP contribution is 2.32. The summed E-state index contributed by atoms with van der Waals surface area (Å²) in [6.07, 6.45) is 1.83. The molecule has 0 radical (unpaired) electrons. The molecule has 0 aliphatic rings. The number of benzene rings is 3. The van der Waals surface area contributed by atoms with E-state index in [9.17, 15) is 0 Å². The molecule has 156 valence electrons. The Morgan fingerprint density at radius 3 is 1.70 bits per heavy atom. The molecule has 0 unspecified atom stereocenters. The zero-order valence-electron chi connectivity index (χ0n) is 17.7. The van der Waals surface area contributed by atoms with E-state index in [2.05, 4.69) is 50.2 Å². The molecule has 0 amide bonds. The maximum atomic E-state index is 7.40. The molecule has 0 saturated heterocycles. The van der Waals surface area contributed by atoms with Crippen LogP contribution < -0.4 is 15.2 Å². The topological polar surface area (TPSA) is 68.3 Å². The molecule has 3 aromatic carbocycles.